The quantitative estimate of drug-likeness (QED) is 0.686. The molecule has 118 valence electrons. The molecule has 1 fully saturated rings. The summed E-state index contributed by atoms with van der Waals surface area (Å²) in [5.41, 5.74) is 1.35. The van der Waals surface area contributed by atoms with Crippen molar-refractivity contribution in [3.8, 4) is 5.75 Å². The van der Waals surface area contributed by atoms with E-state index in [1.165, 1.54) is 44.1 Å². The first kappa shape index (κ1) is 16.4. The second kappa shape index (κ2) is 9.09. The minimum absolute atomic E-state index is 0.630. The van der Waals surface area contributed by atoms with Crippen molar-refractivity contribution in [3.63, 3.8) is 0 Å². The van der Waals surface area contributed by atoms with E-state index >= 15 is 0 Å². The number of unbranched alkanes of at least 4 members (excludes halogenated alkanes) is 1. The van der Waals surface area contributed by atoms with E-state index in [9.17, 15) is 0 Å². The highest BCUT2D eigenvalue weighted by molar-refractivity contribution is 5.27. The Morgan fingerprint density at radius 1 is 1.14 bits per heavy atom. The van der Waals surface area contributed by atoms with Crippen LogP contribution in [0.1, 0.15) is 64.4 Å². The molecule has 0 bridgehead atoms. The van der Waals surface area contributed by atoms with Gasteiger partial charge >= 0.3 is 0 Å². The lowest BCUT2D eigenvalue weighted by Crippen LogP contribution is -2.34. The fourth-order valence-electron chi connectivity index (χ4n) is 3.12. The van der Waals surface area contributed by atoms with Gasteiger partial charge in [-0.05, 0) is 49.8 Å². The van der Waals surface area contributed by atoms with Crippen LogP contribution in [0, 0.1) is 5.92 Å². The zero-order valence-electron chi connectivity index (χ0n) is 13.7. The molecule has 21 heavy (non-hydrogen) atoms. The van der Waals surface area contributed by atoms with E-state index in [2.05, 4.69) is 43.4 Å². The predicted octanol–water partition coefficient (Wildman–Crippen LogP) is 4.92. The highest BCUT2D eigenvalue weighted by Crippen LogP contribution is 2.26. The molecule has 1 aromatic rings. The van der Waals surface area contributed by atoms with Crippen molar-refractivity contribution in [2.45, 2.75) is 71.4 Å². The average Bonchev–Trinajstić information content (AvgIpc) is 2.55. The van der Waals surface area contributed by atoms with Gasteiger partial charge in [-0.3, -0.25) is 0 Å². The van der Waals surface area contributed by atoms with Crippen molar-refractivity contribution in [2.24, 2.45) is 5.92 Å². The minimum Gasteiger partial charge on any atom is -0.494 e. The molecule has 1 atom stereocenters. The van der Waals surface area contributed by atoms with E-state index in [-0.39, 0.29) is 0 Å². The van der Waals surface area contributed by atoms with E-state index in [1.807, 2.05) is 0 Å². The minimum atomic E-state index is 0.630. The highest BCUT2D eigenvalue weighted by atomic mass is 16.5. The van der Waals surface area contributed by atoms with Crippen LogP contribution in [0.3, 0.4) is 0 Å². The molecule has 2 heteroatoms. The predicted molar refractivity (Wildman–Crippen MR) is 89.7 cm³/mol. The first-order chi connectivity index (χ1) is 10.3. The lowest BCUT2D eigenvalue weighted by atomic mass is 9.84. The Kier molecular flexibility index (Phi) is 7.08. The Morgan fingerprint density at radius 3 is 2.52 bits per heavy atom. The summed E-state index contributed by atoms with van der Waals surface area (Å²) in [4.78, 5) is 0. The Labute approximate surface area is 130 Å². The molecule has 0 amide bonds. The summed E-state index contributed by atoms with van der Waals surface area (Å²) < 4.78 is 5.70. The molecule has 1 aromatic carbocycles. The van der Waals surface area contributed by atoms with Crippen molar-refractivity contribution in [2.75, 3.05) is 6.61 Å². The first-order valence-corrected chi connectivity index (χ1v) is 8.74. The van der Waals surface area contributed by atoms with Crippen LogP contribution in [-0.4, -0.2) is 12.6 Å². The van der Waals surface area contributed by atoms with Gasteiger partial charge in [-0.2, -0.15) is 0 Å². The molecule has 1 aliphatic carbocycles. The van der Waals surface area contributed by atoms with Gasteiger partial charge in [-0.25, -0.2) is 0 Å². The maximum absolute atomic E-state index is 5.70. The summed E-state index contributed by atoms with van der Waals surface area (Å²) in [5.74, 6) is 1.86. The van der Waals surface area contributed by atoms with Gasteiger partial charge in [0.15, 0.2) is 0 Å². The monoisotopic (exact) mass is 289 g/mol. The summed E-state index contributed by atoms with van der Waals surface area (Å²) in [6, 6.07) is 9.19. The third-order valence-electron chi connectivity index (χ3n) is 4.68. The molecular weight excluding hydrogens is 258 g/mol. The van der Waals surface area contributed by atoms with Crippen LogP contribution in [0.15, 0.2) is 24.3 Å². The Morgan fingerprint density at radius 2 is 1.86 bits per heavy atom. The number of rotatable bonds is 8. The normalized spacial score (nSPS) is 17.6. The van der Waals surface area contributed by atoms with Crippen LogP contribution in [0.25, 0.3) is 0 Å². The lowest BCUT2D eigenvalue weighted by Gasteiger charge is -2.28. The molecule has 0 spiro atoms. The molecule has 0 radical (unpaired) electrons. The molecule has 0 aromatic heterocycles. The van der Waals surface area contributed by atoms with Gasteiger partial charge in [0.1, 0.15) is 5.75 Å². The zero-order chi connectivity index (χ0) is 14.9. The number of nitrogens with one attached hydrogen (secondary N) is 1. The molecule has 2 nitrogen and oxygen atoms in total. The Hall–Kier alpha value is -1.02. The summed E-state index contributed by atoms with van der Waals surface area (Å²) in [6.07, 6.45) is 9.38. The summed E-state index contributed by atoms with van der Waals surface area (Å²) >= 11 is 0. The van der Waals surface area contributed by atoms with Crippen molar-refractivity contribution in [3.05, 3.63) is 29.8 Å². The van der Waals surface area contributed by atoms with E-state index in [0.717, 1.165) is 31.2 Å². The fraction of sp³-hybridized carbons (Fsp3) is 0.684. The van der Waals surface area contributed by atoms with Crippen LogP contribution in [0.4, 0.5) is 0 Å². The van der Waals surface area contributed by atoms with Crippen molar-refractivity contribution in [1.82, 2.24) is 5.32 Å². The molecule has 0 unspecified atom stereocenters. The number of benzene rings is 1. The van der Waals surface area contributed by atoms with Gasteiger partial charge in [-0.15, -0.1) is 0 Å². The molecule has 1 saturated carbocycles. The molecule has 0 heterocycles. The second-order valence-electron chi connectivity index (χ2n) is 6.41. The second-order valence-corrected chi connectivity index (χ2v) is 6.41. The largest absolute Gasteiger partial charge is 0.494 e. The molecule has 1 N–H and O–H groups in total. The Bertz CT molecular complexity index is 381. The lowest BCUT2D eigenvalue weighted by molar-refractivity contribution is 0.280. The van der Waals surface area contributed by atoms with E-state index < -0.39 is 0 Å². The van der Waals surface area contributed by atoms with Crippen LogP contribution in [0.2, 0.25) is 0 Å². The smallest absolute Gasteiger partial charge is 0.119 e. The summed E-state index contributed by atoms with van der Waals surface area (Å²) in [7, 11) is 0. The van der Waals surface area contributed by atoms with Gasteiger partial charge in [0.05, 0.1) is 6.61 Å². The standard InChI is InChI=1S/C19H31NO/c1-3-4-14-21-19-12-10-17(11-13-19)15-20-16(2)18-8-6-5-7-9-18/h10-13,16,18,20H,3-9,14-15H2,1-2H3/t16-/m0/s1. The zero-order valence-corrected chi connectivity index (χ0v) is 13.7. The van der Waals surface area contributed by atoms with E-state index in [1.54, 1.807) is 0 Å². The van der Waals surface area contributed by atoms with Crippen LogP contribution < -0.4 is 10.1 Å². The van der Waals surface area contributed by atoms with Gasteiger partial charge < -0.3 is 10.1 Å². The van der Waals surface area contributed by atoms with Crippen molar-refractivity contribution in [1.29, 1.82) is 0 Å². The van der Waals surface area contributed by atoms with Crippen LogP contribution >= 0.6 is 0 Å². The van der Waals surface area contributed by atoms with Crippen molar-refractivity contribution < 1.29 is 4.74 Å². The summed E-state index contributed by atoms with van der Waals surface area (Å²) in [5, 5.41) is 3.70. The molecule has 0 saturated heterocycles. The van der Waals surface area contributed by atoms with Crippen LogP contribution in [0.5, 0.6) is 5.75 Å². The SMILES string of the molecule is CCCCOc1ccc(CN[C@@H](C)C2CCCCC2)cc1. The number of ether oxygens (including phenoxy) is 1. The molecule has 0 aliphatic heterocycles. The molecule has 2 rings (SSSR count). The highest BCUT2D eigenvalue weighted by Gasteiger charge is 2.19. The maximum Gasteiger partial charge on any atom is 0.119 e. The molecular formula is C19H31NO. The first-order valence-electron chi connectivity index (χ1n) is 8.74. The van der Waals surface area contributed by atoms with Gasteiger partial charge in [0.25, 0.3) is 0 Å². The van der Waals surface area contributed by atoms with Gasteiger partial charge in [0, 0.05) is 12.6 Å². The Balaban J connectivity index is 1.72. The fourth-order valence-corrected chi connectivity index (χ4v) is 3.12. The van der Waals surface area contributed by atoms with Gasteiger partial charge in [0.2, 0.25) is 0 Å². The van der Waals surface area contributed by atoms with E-state index in [0.29, 0.717) is 6.04 Å². The topological polar surface area (TPSA) is 21.3 Å². The number of hydrogen-bond donors (Lipinski definition) is 1. The summed E-state index contributed by atoms with van der Waals surface area (Å²) in [6.45, 7) is 6.32. The van der Waals surface area contributed by atoms with Gasteiger partial charge in [-0.1, -0.05) is 44.7 Å². The average molecular weight is 289 g/mol. The maximum atomic E-state index is 5.70. The molecule has 1 aliphatic rings. The number of hydrogen-bond acceptors (Lipinski definition) is 2. The van der Waals surface area contributed by atoms with Crippen molar-refractivity contribution >= 4 is 0 Å². The third-order valence-corrected chi connectivity index (χ3v) is 4.68. The third kappa shape index (κ3) is 5.70. The van der Waals surface area contributed by atoms with E-state index in [4.69, 9.17) is 4.74 Å². The van der Waals surface area contributed by atoms with Crippen LogP contribution in [-0.2, 0) is 6.54 Å².